The number of aliphatic hydroxyl groups is 1. The normalized spacial score (nSPS) is 32.5. The Labute approximate surface area is 78.0 Å². The Bertz CT molecular complexity index is 203. The second kappa shape index (κ2) is 3.54. The molecule has 0 aromatic carbocycles. The lowest BCUT2D eigenvalue weighted by Gasteiger charge is -2.37. The zero-order valence-electron chi connectivity index (χ0n) is 8.08. The number of amides is 1. The second-order valence-corrected chi connectivity index (χ2v) is 4.61. The van der Waals surface area contributed by atoms with Crippen molar-refractivity contribution in [3.05, 3.63) is 0 Å². The number of nitrogens with one attached hydrogen (secondary N) is 1. The van der Waals surface area contributed by atoms with Crippen molar-refractivity contribution < 1.29 is 15.0 Å². The maximum absolute atomic E-state index is 10.4. The van der Waals surface area contributed by atoms with Crippen LogP contribution in [0, 0.1) is 5.41 Å². The number of hydrogen-bond acceptors (Lipinski definition) is 2. The van der Waals surface area contributed by atoms with Gasteiger partial charge in [0.1, 0.15) is 0 Å². The molecule has 4 nitrogen and oxygen atoms in total. The van der Waals surface area contributed by atoms with Crippen LogP contribution in [0.3, 0.4) is 0 Å². The van der Waals surface area contributed by atoms with Crippen LogP contribution in [0.5, 0.6) is 0 Å². The predicted octanol–water partition coefficient (Wildman–Crippen LogP) is 1.19. The quantitative estimate of drug-likeness (QED) is 0.577. The first kappa shape index (κ1) is 10.3. The van der Waals surface area contributed by atoms with Crippen molar-refractivity contribution in [1.29, 1.82) is 0 Å². The van der Waals surface area contributed by atoms with Gasteiger partial charge in [0.15, 0.2) is 0 Å². The van der Waals surface area contributed by atoms with E-state index in [2.05, 4.69) is 5.32 Å². The Hall–Kier alpha value is -0.770. The molecule has 0 bridgehead atoms. The van der Waals surface area contributed by atoms with Gasteiger partial charge in [-0.1, -0.05) is 13.8 Å². The summed E-state index contributed by atoms with van der Waals surface area (Å²) in [5.41, 5.74) is 0.0325. The van der Waals surface area contributed by atoms with E-state index in [4.69, 9.17) is 5.11 Å². The van der Waals surface area contributed by atoms with E-state index in [-0.39, 0.29) is 17.6 Å². The molecule has 1 fully saturated rings. The average molecular weight is 187 g/mol. The fraction of sp³-hybridized carbons (Fsp3) is 0.889. The molecule has 0 heterocycles. The van der Waals surface area contributed by atoms with E-state index in [1.807, 2.05) is 13.8 Å². The molecular formula is C9H17NO3. The molecule has 1 aliphatic rings. The molecule has 1 aliphatic carbocycles. The predicted molar refractivity (Wildman–Crippen MR) is 48.6 cm³/mol. The Morgan fingerprint density at radius 3 is 2.54 bits per heavy atom. The van der Waals surface area contributed by atoms with Crippen LogP contribution in [-0.4, -0.2) is 28.5 Å². The summed E-state index contributed by atoms with van der Waals surface area (Å²) in [7, 11) is 0. The Morgan fingerprint density at radius 2 is 2.08 bits per heavy atom. The monoisotopic (exact) mass is 187 g/mol. The van der Waals surface area contributed by atoms with Gasteiger partial charge in [0.05, 0.1) is 6.10 Å². The highest BCUT2D eigenvalue weighted by Gasteiger charge is 2.33. The minimum atomic E-state index is -1.00. The molecule has 0 aromatic heterocycles. The standard InChI is InChI=1S/C9H17NO3/c1-9(2)4-6(10-8(12)13)3-7(11)5-9/h6-7,10-11H,3-5H2,1-2H3,(H,12,13)/t6-,7+/m0/s1. The van der Waals surface area contributed by atoms with Gasteiger partial charge in [0, 0.05) is 6.04 Å². The molecule has 1 amide bonds. The molecule has 0 saturated heterocycles. The van der Waals surface area contributed by atoms with Gasteiger partial charge in [0.25, 0.3) is 0 Å². The smallest absolute Gasteiger partial charge is 0.404 e. The van der Waals surface area contributed by atoms with Crippen LogP contribution in [0.25, 0.3) is 0 Å². The Balaban J connectivity index is 2.52. The number of aliphatic hydroxyl groups excluding tert-OH is 1. The van der Waals surface area contributed by atoms with Gasteiger partial charge in [-0.05, 0) is 24.7 Å². The van der Waals surface area contributed by atoms with E-state index >= 15 is 0 Å². The lowest BCUT2D eigenvalue weighted by atomic mass is 9.74. The van der Waals surface area contributed by atoms with Gasteiger partial charge >= 0.3 is 6.09 Å². The molecule has 1 rings (SSSR count). The lowest BCUT2D eigenvalue weighted by Crippen LogP contribution is -2.44. The molecule has 2 atom stereocenters. The van der Waals surface area contributed by atoms with E-state index in [9.17, 15) is 9.90 Å². The fourth-order valence-electron chi connectivity index (χ4n) is 2.17. The third kappa shape index (κ3) is 3.22. The summed E-state index contributed by atoms with van der Waals surface area (Å²) >= 11 is 0. The zero-order valence-corrected chi connectivity index (χ0v) is 8.08. The second-order valence-electron chi connectivity index (χ2n) is 4.61. The summed E-state index contributed by atoms with van der Waals surface area (Å²) in [6.45, 7) is 4.10. The van der Waals surface area contributed by atoms with Gasteiger partial charge in [-0.3, -0.25) is 0 Å². The maximum atomic E-state index is 10.4. The highest BCUT2D eigenvalue weighted by atomic mass is 16.4. The van der Waals surface area contributed by atoms with Crippen LogP contribution in [0.15, 0.2) is 0 Å². The summed E-state index contributed by atoms with van der Waals surface area (Å²) in [5, 5.41) is 20.4. The first-order chi connectivity index (χ1) is 5.89. The molecule has 4 heteroatoms. The molecule has 0 radical (unpaired) electrons. The van der Waals surface area contributed by atoms with E-state index in [1.54, 1.807) is 0 Å². The van der Waals surface area contributed by atoms with Crippen LogP contribution in [-0.2, 0) is 0 Å². The van der Waals surface area contributed by atoms with Gasteiger partial charge < -0.3 is 15.5 Å². The van der Waals surface area contributed by atoms with Crippen LogP contribution in [0.2, 0.25) is 0 Å². The molecule has 13 heavy (non-hydrogen) atoms. The summed E-state index contributed by atoms with van der Waals surface area (Å²) in [6.07, 6.45) is 0.715. The van der Waals surface area contributed by atoms with Crippen LogP contribution < -0.4 is 5.32 Å². The molecule has 3 N–H and O–H groups in total. The van der Waals surface area contributed by atoms with Gasteiger partial charge in [-0.2, -0.15) is 0 Å². The van der Waals surface area contributed by atoms with Crippen molar-refractivity contribution in [1.82, 2.24) is 5.32 Å². The summed E-state index contributed by atoms with van der Waals surface area (Å²) in [4.78, 5) is 10.4. The van der Waals surface area contributed by atoms with Crippen LogP contribution >= 0.6 is 0 Å². The van der Waals surface area contributed by atoms with Gasteiger partial charge in [0.2, 0.25) is 0 Å². The topological polar surface area (TPSA) is 69.6 Å². The maximum Gasteiger partial charge on any atom is 0.404 e. The summed E-state index contributed by atoms with van der Waals surface area (Å²) < 4.78 is 0. The Morgan fingerprint density at radius 1 is 1.46 bits per heavy atom. The van der Waals surface area contributed by atoms with Crippen LogP contribution in [0.1, 0.15) is 33.1 Å². The molecule has 0 spiro atoms. The minimum Gasteiger partial charge on any atom is -0.465 e. The third-order valence-electron chi connectivity index (χ3n) is 2.47. The van der Waals surface area contributed by atoms with Crippen molar-refractivity contribution in [2.75, 3.05) is 0 Å². The molecule has 0 aliphatic heterocycles. The van der Waals surface area contributed by atoms with Crippen molar-refractivity contribution >= 4 is 6.09 Å². The van der Waals surface area contributed by atoms with E-state index < -0.39 is 6.09 Å². The molecule has 76 valence electrons. The third-order valence-corrected chi connectivity index (χ3v) is 2.47. The first-order valence-electron chi connectivity index (χ1n) is 4.56. The van der Waals surface area contributed by atoms with E-state index in [1.165, 1.54) is 0 Å². The van der Waals surface area contributed by atoms with Gasteiger partial charge in [-0.15, -0.1) is 0 Å². The zero-order chi connectivity index (χ0) is 10.1. The number of hydrogen-bond donors (Lipinski definition) is 3. The minimum absolute atomic E-state index is 0.0325. The van der Waals surface area contributed by atoms with E-state index in [0.29, 0.717) is 6.42 Å². The van der Waals surface area contributed by atoms with Crippen molar-refractivity contribution in [3.8, 4) is 0 Å². The van der Waals surface area contributed by atoms with Crippen LogP contribution in [0.4, 0.5) is 4.79 Å². The largest absolute Gasteiger partial charge is 0.465 e. The molecule has 1 saturated carbocycles. The fourth-order valence-corrected chi connectivity index (χ4v) is 2.17. The highest BCUT2D eigenvalue weighted by molar-refractivity contribution is 5.64. The number of carbonyl (C=O) groups is 1. The average Bonchev–Trinajstić information content (AvgIpc) is 1.78. The summed E-state index contributed by atoms with van der Waals surface area (Å²) in [6, 6.07) is -0.101. The van der Waals surface area contributed by atoms with Gasteiger partial charge in [-0.25, -0.2) is 4.79 Å². The SMILES string of the molecule is CC1(C)C[C@H](O)C[C@H](NC(=O)O)C1. The van der Waals surface area contributed by atoms with Crippen molar-refractivity contribution in [3.63, 3.8) is 0 Å². The number of carboxylic acid groups (broad SMARTS) is 1. The molecule has 0 unspecified atom stereocenters. The summed E-state index contributed by atoms with van der Waals surface area (Å²) in [5.74, 6) is 0. The lowest BCUT2D eigenvalue weighted by molar-refractivity contribution is 0.0473. The van der Waals surface area contributed by atoms with Crippen molar-refractivity contribution in [2.24, 2.45) is 5.41 Å². The Kier molecular flexibility index (Phi) is 2.81. The van der Waals surface area contributed by atoms with Crippen molar-refractivity contribution in [2.45, 2.75) is 45.3 Å². The molecule has 0 aromatic rings. The number of rotatable bonds is 1. The highest BCUT2D eigenvalue weighted by Crippen LogP contribution is 2.35. The molecular weight excluding hydrogens is 170 g/mol. The first-order valence-corrected chi connectivity index (χ1v) is 4.56. The van der Waals surface area contributed by atoms with E-state index in [0.717, 1.165) is 12.8 Å².